The van der Waals surface area contributed by atoms with Crippen LogP contribution in [0.1, 0.15) is 0 Å². The molecule has 4 nitrogen and oxygen atoms in total. The van der Waals surface area contributed by atoms with Gasteiger partial charge in [0, 0.05) is 0 Å². The van der Waals surface area contributed by atoms with Crippen molar-refractivity contribution < 1.29 is 4.84 Å². The standard InChI is InChI=1S/CH5N3O/c2-4-1-5-3/h1H,2-3H2/b4-1-. The summed E-state index contributed by atoms with van der Waals surface area (Å²) in [5, 5.41) is 2.88. The molecule has 0 aliphatic rings. The number of hydrogen-bond donors (Lipinski definition) is 2. The van der Waals surface area contributed by atoms with Crippen LogP contribution >= 0.6 is 0 Å². The Balaban J connectivity index is 2.62. The first-order valence-electron chi connectivity index (χ1n) is 0.988. The van der Waals surface area contributed by atoms with E-state index in [4.69, 9.17) is 0 Å². The number of hydrazone groups is 1. The molecule has 0 atom stereocenters. The van der Waals surface area contributed by atoms with E-state index in [1.54, 1.807) is 0 Å². The van der Waals surface area contributed by atoms with E-state index in [1.807, 2.05) is 0 Å². The Morgan fingerprint density at radius 2 is 2.40 bits per heavy atom. The van der Waals surface area contributed by atoms with Crippen LogP contribution in [0.2, 0.25) is 0 Å². The summed E-state index contributed by atoms with van der Waals surface area (Å²) in [6.45, 7) is 0. The molecule has 0 unspecified atom stereocenters. The molecule has 0 radical (unpaired) electrons. The van der Waals surface area contributed by atoms with Crippen LogP contribution in [0.25, 0.3) is 0 Å². The van der Waals surface area contributed by atoms with Crippen LogP contribution in [0.3, 0.4) is 0 Å². The molecule has 30 valence electrons. The maximum absolute atomic E-state index is 4.50. The van der Waals surface area contributed by atoms with Crippen LogP contribution < -0.4 is 11.7 Å². The molecule has 0 aliphatic carbocycles. The van der Waals surface area contributed by atoms with Gasteiger partial charge in [0.25, 0.3) is 0 Å². The molecule has 0 aromatic rings. The van der Waals surface area contributed by atoms with Gasteiger partial charge in [-0.15, -0.1) is 0 Å². The highest BCUT2D eigenvalue weighted by molar-refractivity contribution is 5.44. The molecule has 0 spiro atoms. The Labute approximate surface area is 29.4 Å². The van der Waals surface area contributed by atoms with Crippen molar-refractivity contribution >= 4 is 6.40 Å². The smallest absolute Gasteiger partial charge is 0.217 e. The van der Waals surface area contributed by atoms with E-state index >= 15 is 0 Å². The van der Waals surface area contributed by atoms with Crippen LogP contribution in [0.15, 0.2) is 5.10 Å². The number of nitrogens with zero attached hydrogens (tertiary/aromatic N) is 1. The van der Waals surface area contributed by atoms with Crippen LogP contribution in [-0.2, 0) is 4.84 Å². The fourth-order valence-electron chi connectivity index (χ4n) is 0.0351. The molecule has 5 heavy (non-hydrogen) atoms. The lowest BCUT2D eigenvalue weighted by Gasteiger charge is -1.74. The first kappa shape index (κ1) is 4.23. The van der Waals surface area contributed by atoms with E-state index in [0.717, 1.165) is 6.40 Å². The highest BCUT2D eigenvalue weighted by Crippen LogP contribution is 1.37. The second-order valence-electron chi connectivity index (χ2n) is 0.391. The minimum Gasteiger partial charge on any atom is -0.398 e. The van der Waals surface area contributed by atoms with Crippen molar-refractivity contribution in [2.24, 2.45) is 16.8 Å². The highest BCUT2D eigenvalue weighted by Gasteiger charge is 1.48. The van der Waals surface area contributed by atoms with Gasteiger partial charge in [-0.1, -0.05) is 0 Å². The van der Waals surface area contributed by atoms with Crippen LogP contribution in [0.4, 0.5) is 0 Å². The van der Waals surface area contributed by atoms with E-state index < -0.39 is 0 Å². The van der Waals surface area contributed by atoms with Crippen molar-refractivity contribution in [3.05, 3.63) is 0 Å². The molecule has 0 aliphatic heterocycles. The van der Waals surface area contributed by atoms with Gasteiger partial charge in [0.1, 0.15) is 0 Å². The molecular formula is CH5N3O. The summed E-state index contributed by atoms with van der Waals surface area (Å²) in [4.78, 5) is 3.77. The first-order chi connectivity index (χ1) is 2.41. The first-order valence-corrected chi connectivity index (χ1v) is 0.988. The predicted octanol–water partition coefficient (Wildman–Crippen LogP) is -1.22. The van der Waals surface area contributed by atoms with Gasteiger partial charge in [-0.3, -0.25) is 0 Å². The minimum atomic E-state index is 0.931. The lowest BCUT2D eigenvalue weighted by Crippen LogP contribution is -1.96. The highest BCUT2D eigenvalue weighted by atomic mass is 16.6. The zero-order chi connectivity index (χ0) is 4.12. The Kier molecular flexibility index (Phi) is 2.73. The molecule has 0 fully saturated rings. The maximum Gasteiger partial charge on any atom is 0.217 e. The SMILES string of the molecule is N/N=C\ON. The molecule has 0 rings (SSSR count). The summed E-state index contributed by atoms with van der Waals surface area (Å²) in [6.07, 6.45) is 0.931. The van der Waals surface area contributed by atoms with Gasteiger partial charge in [0.15, 0.2) is 0 Å². The van der Waals surface area contributed by atoms with Gasteiger partial charge >= 0.3 is 0 Å². The zero-order valence-corrected chi connectivity index (χ0v) is 2.59. The Hall–Kier alpha value is -0.770. The van der Waals surface area contributed by atoms with Crippen molar-refractivity contribution in [2.75, 3.05) is 0 Å². The summed E-state index contributed by atoms with van der Waals surface area (Å²) in [5.74, 6) is 8.91. The monoisotopic (exact) mass is 75.0 g/mol. The molecule has 4 heteroatoms. The lowest BCUT2D eigenvalue weighted by atomic mass is 11.5. The average Bonchev–Trinajstić information content (AvgIpc) is 1.41. The Bertz CT molecular complexity index is 33.9. The van der Waals surface area contributed by atoms with E-state index in [1.165, 1.54) is 0 Å². The molecule has 0 aromatic carbocycles. The third-order valence-corrected chi connectivity index (χ3v) is 0.122. The molecule has 4 N–H and O–H groups in total. The Morgan fingerprint density at radius 3 is 2.40 bits per heavy atom. The molecule has 0 aromatic heterocycles. The van der Waals surface area contributed by atoms with Crippen molar-refractivity contribution in [3.63, 3.8) is 0 Å². The number of rotatable bonds is 1. The van der Waals surface area contributed by atoms with Gasteiger partial charge in [-0.05, 0) is 0 Å². The van der Waals surface area contributed by atoms with Crippen LogP contribution in [-0.4, -0.2) is 6.40 Å². The number of hydrogen-bond acceptors (Lipinski definition) is 4. The molecule has 0 heterocycles. The third-order valence-electron chi connectivity index (χ3n) is 0.122. The predicted molar refractivity (Wildman–Crippen MR) is 18.0 cm³/mol. The summed E-state index contributed by atoms with van der Waals surface area (Å²) >= 11 is 0. The summed E-state index contributed by atoms with van der Waals surface area (Å²) in [5.41, 5.74) is 0. The second kappa shape index (κ2) is 3.23. The van der Waals surface area contributed by atoms with Crippen LogP contribution in [0, 0.1) is 0 Å². The fraction of sp³-hybridized carbons (Fsp3) is 0. The van der Waals surface area contributed by atoms with Crippen molar-refractivity contribution in [3.8, 4) is 0 Å². The number of nitrogens with two attached hydrogens (primary N) is 2. The summed E-state index contributed by atoms with van der Waals surface area (Å²) in [7, 11) is 0. The van der Waals surface area contributed by atoms with E-state index in [2.05, 4.69) is 21.7 Å². The minimum absolute atomic E-state index is 0.931. The van der Waals surface area contributed by atoms with Crippen molar-refractivity contribution in [1.29, 1.82) is 0 Å². The van der Waals surface area contributed by atoms with Gasteiger partial charge < -0.3 is 10.7 Å². The average molecular weight is 75.1 g/mol. The van der Waals surface area contributed by atoms with Gasteiger partial charge in [0.2, 0.25) is 6.40 Å². The maximum atomic E-state index is 4.50. The van der Waals surface area contributed by atoms with Gasteiger partial charge in [0.05, 0.1) is 0 Å². The van der Waals surface area contributed by atoms with Gasteiger partial charge in [-0.25, -0.2) is 0 Å². The Morgan fingerprint density at radius 1 is 1.80 bits per heavy atom. The van der Waals surface area contributed by atoms with Gasteiger partial charge in [-0.2, -0.15) is 11.0 Å². The molecule has 0 saturated carbocycles. The van der Waals surface area contributed by atoms with E-state index in [-0.39, 0.29) is 0 Å². The summed E-state index contributed by atoms with van der Waals surface area (Å²) in [6, 6.07) is 0. The summed E-state index contributed by atoms with van der Waals surface area (Å²) < 4.78 is 0. The fourth-order valence-corrected chi connectivity index (χ4v) is 0.0351. The van der Waals surface area contributed by atoms with Crippen molar-refractivity contribution in [1.82, 2.24) is 0 Å². The molecule has 0 saturated heterocycles. The van der Waals surface area contributed by atoms with Crippen LogP contribution in [0.5, 0.6) is 0 Å². The molecular weight excluding hydrogens is 70.0 g/mol. The topological polar surface area (TPSA) is 73.6 Å². The van der Waals surface area contributed by atoms with E-state index in [0.29, 0.717) is 0 Å². The molecule has 0 amide bonds. The van der Waals surface area contributed by atoms with Crippen molar-refractivity contribution in [2.45, 2.75) is 0 Å². The molecule has 0 bridgehead atoms. The third kappa shape index (κ3) is 3.23. The zero-order valence-electron chi connectivity index (χ0n) is 2.59. The quantitative estimate of drug-likeness (QED) is 0.177. The lowest BCUT2D eigenvalue weighted by molar-refractivity contribution is 0.336. The second-order valence-corrected chi connectivity index (χ2v) is 0.391. The normalized spacial score (nSPS) is 9.00. The largest absolute Gasteiger partial charge is 0.398 e. The van der Waals surface area contributed by atoms with E-state index in [9.17, 15) is 0 Å².